The van der Waals surface area contributed by atoms with Gasteiger partial charge in [0.15, 0.2) is 0 Å². The lowest BCUT2D eigenvalue weighted by Gasteiger charge is -2.24. The van der Waals surface area contributed by atoms with Crippen LogP contribution in [0.5, 0.6) is 0 Å². The van der Waals surface area contributed by atoms with Crippen LogP contribution in [0.15, 0.2) is 18.2 Å². The normalized spacial score (nSPS) is 12.9. The van der Waals surface area contributed by atoms with Gasteiger partial charge in [0.2, 0.25) is 0 Å². The van der Waals surface area contributed by atoms with E-state index in [0.717, 1.165) is 5.69 Å². The molecule has 1 atom stereocenters. The number of anilines is 1. The molecule has 0 spiro atoms. The number of hydrogen-bond donors (Lipinski definition) is 2. The SMILES string of the molecule is CC(C)C(CNC(=O)OC(C)(C)C)CNc1ccc(Cl)cc1Cl. The average molecular weight is 361 g/mol. The Kier molecular flexibility index (Phi) is 7.49. The van der Waals surface area contributed by atoms with Gasteiger partial charge in [-0.05, 0) is 50.8 Å². The van der Waals surface area contributed by atoms with Crippen molar-refractivity contribution in [1.29, 1.82) is 0 Å². The van der Waals surface area contributed by atoms with E-state index in [9.17, 15) is 4.79 Å². The van der Waals surface area contributed by atoms with Gasteiger partial charge in [0, 0.05) is 18.1 Å². The summed E-state index contributed by atoms with van der Waals surface area (Å²) in [6, 6.07) is 5.34. The molecular weight excluding hydrogens is 335 g/mol. The Morgan fingerprint density at radius 2 is 1.87 bits per heavy atom. The largest absolute Gasteiger partial charge is 0.444 e. The van der Waals surface area contributed by atoms with Crippen LogP contribution in [0.1, 0.15) is 34.6 Å². The third kappa shape index (κ3) is 7.80. The van der Waals surface area contributed by atoms with Gasteiger partial charge in [-0.1, -0.05) is 37.0 Å². The second kappa shape index (κ2) is 8.65. The lowest BCUT2D eigenvalue weighted by atomic mass is 9.95. The van der Waals surface area contributed by atoms with Crippen LogP contribution in [0.4, 0.5) is 10.5 Å². The fourth-order valence-corrected chi connectivity index (χ4v) is 2.42. The number of halogens is 2. The van der Waals surface area contributed by atoms with Crippen molar-refractivity contribution in [1.82, 2.24) is 5.32 Å². The molecule has 0 radical (unpaired) electrons. The summed E-state index contributed by atoms with van der Waals surface area (Å²) in [5.74, 6) is 0.637. The van der Waals surface area contributed by atoms with E-state index in [0.29, 0.717) is 29.1 Å². The second-order valence-corrected chi connectivity index (χ2v) is 7.74. The standard InChI is InChI=1S/C17H26Cl2N2O2/c1-11(2)12(10-21-16(22)23-17(3,4)5)9-20-15-7-6-13(18)8-14(15)19/h6-8,11-12,20H,9-10H2,1-5H3,(H,21,22). The van der Waals surface area contributed by atoms with Crippen molar-refractivity contribution in [2.75, 3.05) is 18.4 Å². The van der Waals surface area contributed by atoms with Crippen molar-refractivity contribution in [3.8, 4) is 0 Å². The summed E-state index contributed by atoms with van der Waals surface area (Å²) < 4.78 is 5.26. The highest BCUT2D eigenvalue weighted by atomic mass is 35.5. The Bertz CT molecular complexity index is 528. The Hall–Kier alpha value is -1.13. The first-order valence-corrected chi connectivity index (χ1v) is 8.50. The molecule has 0 aliphatic carbocycles. The molecule has 4 nitrogen and oxygen atoms in total. The number of carbonyl (C=O) groups excluding carboxylic acids is 1. The molecule has 1 amide bonds. The van der Waals surface area contributed by atoms with Crippen molar-refractivity contribution in [3.05, 3.63) is 28.2 Å². The van der Waals surface area contributed by atoms with Gasteiger partial charge >= 0.3 is 6.09 Å². The van der Waals surface area contributed by atoms with E-state index in [-0.39, 0.29) is 5.92 Å². The van der Waals surface area contributed by atoms with Crippen LogP contribution in [0, 0.1) is 11.8 Å². The maximum absolute atomic E-state index is 11.8. The number of amides is 1. The molecule has 1 unspecified atom stereocenters. The van der Waals surface area contributed by atoms with Crippen LogP contribution < -0.4 is 10.6 Å². The molecular formula is C17H26Cl2N2O2. The van der Waals surface area contributed by atoms with Crippen LogP contribution in [0.25, 0.3) is 0 Å². The van der Waals surface area contributed by atoms with Crippen LogP contribution in [0.3, 0.4) is 0 Å². The Labute approximate surface area is 148 Å². The van der Waals surface area contributed by atoms with E-state index in [1.807, 2.05) is 26.8 Å². The monoisotopic (exact) mass is 360 g/mol. The summed E-state index contributed by atoms with van der Waals surface area (Å²) in [6.07, 6.45) is -0.396. The van der Waals surface area contributed by atoms with Crippen LogP contribution >= 0.6 is 23.2 Å². The van der Waals surface area contributed by atoms with Gasteiger partial charge in [0.25, 0.3) is 0 Å². The first kappa shape index (κ1) is 19.9. The fraction of sp³-hybridized carbons (Fsp3) is 0.588. The minimum absolute atomic E-state index is 0.245. The number of benzene rings is 1. The summed E-state index contributed by atoms with van der Waals surface area (Å²) in [4.78, 5) is 11.8. The van der Waals surface area contributed by atoms with Gasteiger partial charge in [-0.2, -0.15) is 0 Å². The smallest absolute Gasteiger partial charge is 0.407 e. The maximum atomic E-state index is 11.8. The molecule has 0 bridgehead atoms. The summed E-state index contributed by atoms with van der Waals surface area (Å²) in [6.45, 7) is 11.0. The van der Waals surface area contributed by atoms with Crippen LogP contribution in [-0.4, -0.2) is 24.8 Å². The minimum atomic E-state index is -0.494. The van der Waals surface area contributed by atoms with Gasteiger partial charge < -0.3 is 15.4 Å². The Morgan fingerprint density at radius 3 is 2.39 bits per heavy atom. The molecule has 0 heterocycles. The zero-order valence-corrected chi connectivity index (χ0v) is 15.9. The van der Waals surface area contributed by atoms with E-state index < -0.39 is 11.7 Å². The third-order valence-corrected chi connectivity index (χ3v) is 3.88. The molecule has 1 rings (SSSR count). The maximum Gasteiger partial charge on any atom is 0.407 e. The highest BCUT2D eigenvalue weighted by molar-refractivity contribution is 6.36. The van der Waals surface area contributed by atoms with E-state index in [4.69, 9.17) is 27.9 Å². The Balaban J connectivity index is 2.54. The fourth-order valence-electron chi connectivity index (χ4n) is 1.95. The summed E-state index contributed by atoms with van der Waals surface area (Å²) in [5, 5.41) is 7.32. The molecule has 6 heteroatoms. The molecule has 0 aliphatic rings. The van der Waals surface area contributed by atoms with E-state index in [1.165, 1.54) is 0 Å². The number of hydrogen-bond acceptors (Lipinski definition) is 3. The predicted molar refractivity (Wildman–Crippen MR) is 97.5 cm³/mol. The van der Waals surface area contributed by atoms with Gasteiger partial charge in [-0.15, -0.1) is 0 Å². The number of carbonyl (C=O) groups is 1. The van der Waals surface area contributed by atoms with E-state index in [2.05, 4.69) is 24.5 Å². The number of rotatable bonds is 6. The van der Waals surface area contributed by atoms with Crippen molar-refractivity contribution < 1.29 is 9.53 Å². The molecule has 0 aromatic heterocycles. The number of nitrogens with one attached hydrogen (secondary N) is 2. The van der Waals surface area contributed by atoms with Gasteiger partial charge in [-0.3, -0.25) is 0 Å². The average Bonchev–Trinajstić information content (AvgIpc) is 2.38. The lowest BCUT2D eigenvalue weighted by Crippen LogP contribution is -2.38. The zero-order chi connectivity index (χ0) is 17.6. The van der Waals surface area contributed by atoms with Crippen molar-refractivity contribution >= 4 is 35.0 Å². The topological polar surface area (TPSA) is 50.4 Å². The van der Waals surface area contributed by atoms with Crippen LogP contribution in [0.2, 0.25) is 10.0 Å². The lowest BCUT2D eigenvalue weighted by molar-refractivity contribution is 0.0516. The minimum Gasteiger partial charge on any atom is -0.444 e. The molecule has 0 fully saturated rings. The first-order chi connectivity index (χ1) is 10.6. The quantitative estimate of drug-likeness (QED) is 0.732. The predicted octanol–water partition coefficient (Wildman–Crippen LogP) is 5.20. The van der Waals surface area contributed by atoms with E-state index >= 15 is 0 Å². The van der Waals surface area contributed by atoms with Crippen molar-refractivity contribution in [2.45, 2.75) is 40.2 Å². The molecule has 2 N–H and O–H groups in total. The summed E-state index contributed by atoms with van der Waals surface area (Å²) in [7, 11) is 0. The summed E-state index contributed by atoms with van der Waals surface area (Å²) in [5.41, 5.74) is 0.339. The highest BCUT2D eigenvalue weighted by Crippen LogP contribution is 2.26. The van der Waals surface area contributed by atoms with E-state index in [1.54, 1.807) is 12.1 Å². The Morgan fingerprint density at radius 1 is 1.22 bits per heavy atom. The third-order valence-electron chi connectivity index (χ3n) is 3.34. The first-order valence-electron chi connectivity index (χ1n) is 7.74. The molecule has 0 saturated heterocycles. The van der Waals surface area contributed by atoms with Crippen molar-refractivity contribution in [3.63, 3.8) is 0 Å². The molecule has 0 aliphatic heterocycles. The molecule has 0 saturated carbocycles. The van der Waals surface area contributed by atoms with Crippen molar-refractivity contribution in [2.24, 2.45) is 11.8 Å². The van der Waals surface area contributed by atoms with Gasteiger partial charge in [-0.25, -0.2) is 4.79 Å². The molecule has 1 aromatic rings. The van der Waals surface area contributed by atoms with Gasteiger partial charge in [0.05, 0.1) is 10.7 Å². The summed E-state index contributed by atoms with van der Waals surface area (Å²) >= 11 is 12.0. The molecule has 1 aromatic carbocycles. The zero-order valence-electron chi connectivity index (χ0n) is 14.4. The number of ether oxygens (including phenoxy) is 1. The van der Waals surface area contributed by atoms with Gasteiger partial charge in [0.1, 0.15) is 5.60 Å². The highest BCUT2D eigenvalue weighted by Gasteiger charge is 2.19. The van der Waals surface area contributed by atoms with Crippen LogP contribution in [-0.2, 0) is 4.74 Å². The molecule has 130 valence electrons. The number of alkyl carbamates (subject to hydrolysis) is 1. The second-order valence-electron chi connectivity index (χ2n) is 6.89. The molecule has 23 heavy (non-hydrogen) atoms.